The molecule has 2 aliphatic heterocycles. The lowest BCUT2D eigenvalue weighted by molar-refractivity contribution is 0.122. The number of furan rings is 1. The highest BCUT2D eigenvalue weighted by Crippen LogP contribution is 2.23. The monoisotopic (exact) mass is 357 g/mol. The number of morpholine rings is 1. The van der Waals surface area contributed by atoms with Crippen molar-refractivity contribution < 1.29 is 9.15 Å². The van der Waals surface area contributed by atoms with Crippen molar-refractivity contribution in [3.63, 3.8) is 0 Å². The van der Waals surface area contributed by atoms with Crippen LogP contribution in [0.4, 0.5) is 11.8 Å². The summed E-state index contributed by atoms with van der Waals surface area (Å²) in [4.78, 5) is 16.2. The minimum atomic E-state index is 0.457. The van der Waals surface area contributed by atoms with E-state index in [1.165, 1.54) is 0 Å². The zero-order valence-corrected chi connectivity index (χ0v) is 15.6. The first-order chi connectivity index (χ1) is 12.7. The van der Waals surface area contributed by atoms with Gasteiger partial charge in [-0.3, -0.25) is 4.90 Å². The quantitative estimate of drug-likeness (QED) is 0.810. The number of likely N-dealkylation sites (tertiary alicyclic amines) is 1. The van der Waals surface area contributed by atoms with E-state index in [2.05, 4.69) is 32.8 Å². The van der Waals surface area contributed by atoms with Crippen LogP contribution >= 0.6 is 0 Å². The van der Waals surface area contributed by atoms with Crippen LogP contribution in [-0.4, -0.2) is 67.4 Å². The van der Waals surface area contributed by atoms with Crippen LogP contribution in [-0.2, 0) is 11.3 Å². The Balaban J connectivity index is 1.39. The highest BCUT2D eigenvalue weighted by Gasteiger charge is 2.27. The lowest BCUT2D eigenvalue weighted by Gasteiger charge is -2.29. The number of rotatable bonds is 5. The number of anilines is 2. The first-order valence-corrected chi connectivity index (χ1v) is 9.35. The van der Waals surface area contributed by atoms with Crippen LogP contribution in [0.25, 0.3) is 0 Å². The second-order valence-corrected chi connectivity index (χ2v) is 7.12. The second kappa shape index (κ2) is 7.63. The van der Waals surface area contributed by atoms with Crippen molar-refractivity contribution in [3.8, 4) is 0 Å². The van der Waals surface area contributed by atoms with E-state index in [0.29, 0.717) is 6.04 Å². The predicted molar refractivity (Wildman–Crippen MR) is 101 cm³/mol. The number of nitrogens with zero attached hydrogens (tertiary/aromatic N) is 5. The van der Waals surface area contributed by atoms with E-state index in [1.807, 2.05) is 25.3 Å². The molecule has 2 fully saturated rings. The molecule has 4 heterocycles. The Morgan fingerprint density at radius 3 is 2.81 bits per heavy atom. The maximum Gasteiger partial charge on any atom is 0.227 e. The minimum Gasteiger partial charge on any atom is -0.465 e. The number of hydrogen-bond acceptors (Lipinski definition) is 7. The van der Waals surface area contributed by atoms with Gasteiger partial charge in [-0.15, -0.1) is 0 Å². The zero-order valence-electron chi connectivity index (χ0n) is 15.6. The lowest BCUT2D eigenvalue weighted by atomic mass is 10.2. The molecule has 1 unspecified atom stereocenters. The van der Waals surface area contributed by atoms with Crippen LogP contribution < -0.4 is 9.80 Å². The van der Waals surface area contributed by atoms with E-state index in [-0.39, 0.29) is 0 Å². The van der Waals surface area contributed by atoms with Gasteiger partial charge in [0.2, 0.25) is 5.95 Å². The highest BCUT2D eigenvalue weighted by molar-refractivity contribution is 5.44. The normalized spacial score (nSPS) is 21.3. The van der Waals surface area contributed by atoms with Crippen molar-refractivity contribution in [2.24, 2.45) is 0 Å². The van der Waals surface area contributed by atoms with Crippen LogP contribution in [0.2, 0.25) is 0 Å². The largest absolute Gasteiger partial charge is 0.465 e. The van der Waals surface area contributed by atoms with Gasteiger partial charge in [0.05, 0.1) is 19.8 Å². The van der Waals surface area contributed by atoms with E-state index < -0.39 is 0 Å². The average molecular weight is 357 g/mol. The molecule has 1 atom stereocenters. The second-order valence-electron chi connectivity index (χ2n) is 7.12. The van der Waals surface area contributed by atoms with Gasteiger partial charge in [-0.2, -0.15) is 4.98 Å². The standard InChI is InChI=1S/C19H27N5O2/c1-15-3-4-17(26-15)14-23-8-6-16(13-23)22(2)18-5-7-20-19(21-18)24-9-11-25-12-10-24/h3-5,7,16H,6,8-14H2,1-2H3. The van der Waals surface area contributed by atoms with Gasteiger partial charge < -0.3 is 19.0 Å². The molecule has 0 saturated carbocycles. The van der Waals surface area contributed by atoms with E-state index in [9.17, 15) is 0 Å². The Hall–Kier alpha value is -2.12. The minimum absolute atomic E-state index is 0.457. The highest BCUT2D eigenvalue weighted by atomic mass is 16.5. The summed E-state index contributed by atoms with van der Waals surface area (Å²) in [6, 6.07) is 6.57. The molecule has 7 heteroatoms. The Bertz CT molecular complexity index is 728. The number of ether oxygens (including phenoxy) is 1. The molecular weight excluding hydrogens is 330 g/mol. The molecule has 0 N–H and O–H groups in total. The van der Waals surface area contributed by atoms with Crippen LogP contribution in [0.5, 0.6) is 0 Å². The number of hydrogen-bond donors (Lipinski definition) is 0. The summed E-state index contributed by atoms with van der Waals surface area (Å²) in [5, 5.41) is 0. The fourth-order valence-corrected chi connectivity index (χ4v) is 3.70. The Morgan fingerprint density at radius 1 is 1.19 bits per heavy atom. The molecular formula is C19H27N5O2. The third-order valence-corrected chi connectivity index (χ3v) is 5.25. The average Bonchev–Trinajstić information content (AvgIpc) is 3.31. The van der Waals surface area contributed by atoms with Crippen LogP contribution in [0, 0.1) is 6.92 Å². The molecule has 26 heavy (non-hydrogen) atoms. The molecule has 2 aromatic rings. The predicted octanol–water partition coefficient (Wildman–Crippen LogP) is 1.93. The summed E-state index contributed by atoms with van der Waals surface area (Å²) in [5.74, 6) is 3.81. The molecule has 2 aromatic heterocycles. The van der Waals surface area contributed by atoms with Gasteiger partial charge in [0.15, 0.2) is 0 Å². The molecule has 0 aliphatic carbocycles. The third-order valence-electron chi connectivity index (χ3n) is 5.25. The van der Waals surface area contributed by atoms with Gasteiger partial charge in [0, 0.05) is 45.5 Å². The molecule has 0 amide bonds. The van der Waals surface area contributed by atoms with Gasteiger partial charge in [-0.1, -0.05) is 0 Å². The molecule has 4 rings (SSSR count). The first-order valence-electron chi connectivity index (χ1n) is 9.35. The molecule has 0 bridgehead atoms. The summed E-state index contributed by atoms with van der Waals surface area (Å²) in [7, 11) is 2.14. The maximum atomic E-state index is 5.72. The Labute approximate surface area is 154 Å². The van der Waals surface area contributed by atoms with Gasteiger partial charge in [0.25, 0.3) is 0 Å². The Morgan fingerprint density at radius 2 is 2.04 bits per heavy atom. The molecule has 0 radical (unpaired) electrons. The third kappa shape index (κ3) is 3.83. The van der Waals surface area contributed by atoms with Crippen molar-refractivity contribution in [2.75, 3.05) is 56.2 Å². The smallest absolute Gasteiger partial charge is 0.227 e. The van der Waals surface area contributed by atoms with Crippen LogP contribution in [0.15, 0.2) is 28.8 Å². The van der Waals surface area contributed by atoms with Crippen molar-refractivity contribution in [2.45, 2.75) is 25.9 Å². The van der Waals surface area contributed by atoms with Gasteiger partial charge >= 0.3 is 0 Å². The fourth-order valence-electron chi connectivity index (χ4n) is 3.70. The summed E-state index contributed by atoms with van der Waals surface area (Å²) in [5.41, 5.74) is 0. The first kappa shape index (κ1) is 17.3. The molecule has 0 spiro atoms. The number of aryl methyl sites for hydroxylation is 1. The number of likely N-dealkylation sites (N-methyl/N-ethyl adjacent to an activating group) is 1. The summed E-state index contributed by atoms with van der Waals surface area (Å²) < 4.78 is 11.1. The van der Waals surface area contributed by atoms with E-state index in [4.69, 9.17) is 14.1 Å². The van der Waals surface area contributed by atoms with E-state index >= 15 is 0 Å². The van der Waals surface area contributed by atoms with Crippen LogP contribution in [0.1, 0.15) is 17.9 Å². The summed E-state index contributed by atoms with van der Waals surface area (Å²) >= 11 is 0. The molecule has 140 valence electrons. The summed E-state index contributed by atoms with van der Waals surface area (Å²) in [6.07, 6.45) is 3.00. The molecule has 7 nitrogen and oxygen atoms in total. The molecule has 0 aromatic carbocycles. The SMILES string of the molecule is Cc1ccc(CN2CCC(N(C)c3ccnc(N4CCOCC4)n3)C2)o1. The van der Waals surface area contributed by atoms with Gasteiger partial charge in [-0.25, -0.2) is 4.98 Å². The van der Waals surface area contributed by atoms with Gasteiger partial charge in [0.1, 0.15) is 17.3 Å². The topological polar surface area (TPSA) is 57.9 Å². The molecule has 2 saturated heterocycles. The van der Waals surface area contributed by atoms with Gasteiger partial charge in [-0.05, 0) is 31.5 Å². The fraction of sp³-hybridized carbons (Fsp3) is 0.579. The molecule has 2 aliphatic rings. The van der Waals surface area contributed by atoms with Crippen molar-refractivity contribution in [1.82, 2.24) is 14.9 Å². The van der Waals surface area contributed by atoms with Crippen LogP contribution in [0.3, 0.4) is 0 Å². The van der Waals surface area contributed by atoms with E-state index in [1.54, 1.807) is 0 Å². The van der Waals surface area contributed by atoms with Crippen molar-refractivity contribution in [3.05, 3.63) is 35.9 Å². The number of aromatic nitrogens is 2. The summed E-state index contributed by atoms with van der Waals surface area (Å²) in [6.45, 7) is 8.16. The van der Waals surface area contributed by atoms with Crippen molar-refractivity contribution >= 4 is 11.8 Å². The Kier molecular flexibility index (Phi) is 5.08. The lowest BCUT2D eigenvalue weighted by Crippen LogP contribution is -2.38. The zero-order chi connectivity index (χ0) is 17.9. The maximum absolute atomic E-state index is 5.72. The van der Waals surface area contributed by atoms with Crippen molar-refractivity contribution in [1.29, 1.82) is 0 Å². The van der Waals surface area contributed by atoms with E-state index in [0.717, 1.165) is 75.6 Å².